The Morgan fingerprint density at radius 2 is 1.75 bits per heavy atom. The molecule has 0 radical (unpaired) electrons. The maximum absolute atomic E-state index is 13.0. The molecule has 1 aliphatic heterocycles. The Balaban J connectivity index is 1.63. The molecule has 1 heterocycles. The fourth-order valence-corrected chi connectivity index (χ4v) is 2.52. The highest BCUT2D eigenvalue weighted by molar-refractivity contribution is 5.96. The molecule has 1 aliphatic rings. The average molecular weight is 393 g/mol. The van der Waals surface area contributed by atoms with E-state index in [1.807, 2.05) is 0 Å². The van der Waals surface area contributed by atoms with E-state index in [1.54, 1.807) is 18.2 Å². The minimum absolute atomic E-state index is 0.0838. The molecule has 28 heavy (non-hydrogen) atoms. The standard InChI is InChI=1S/C18H17F2N3O5/c1-10(24)22-12-4-5-14(26-2)13(7-12)23-17(25)9-21-11-3-6-15-16(8-11)28-18(19,20)27-15/h3-8,21H,9H2,1-2H3,(H,22,24)(H,23,25). The zero-order chi connectivity index (χ0) is 20.3. The van der Waals surface area contributed by atoms with E-state index in [1.165, 1.54) is 32.2 Å². The highest BCUT2D eigenvalue weighted by Gasteiger charge is 2.43. The third-order valence-electron chi connectivity index (χ3n) is 3.65. The molecule has 0 aliphatic carbocycles. The van der Waals surface area contributed by atoms with Gasteiger partial charge in [-0.2, -0.15) is 0 Å². The second kappa shape index (κ2) is 7.59. The van der Waals surface area contributed by atoms with Crippen molar-refractivity contribution in [1.82, 2.24) is 0 Å². The van der Waals surface area contributed by atoms with Gasteiger partial charge < -0.3 is 30.2 Å². The van der Waals surface area contributed by atoms with Crippen molar-refractivity contribution in [2.75, 3.05) is 29.6 Å². The van der Waals surface area contributed by atoms with E-state index in [0.717, 1.165) is 0 Å². The van der Waals surface area contributed by atoms with Crippen LogP contribution in [0.3, 0.4) is 0 Å². The van der Waals surface area contributed by atoms with Crippen LogP contribution in [0.2, 0.25) is 0 Å². The van der Waals surface area contributed by atoms with Crippen LogP contribution in [0, 0.1) is 0 Å². The lowest BCUT2D eigenvalue weighted by Crippen LogP contribution is -2.25. The van der Waals surface area contributed by atoms with Crippen LogP contribution < -0.4 is 30.2 Å². The summed E-state index contributed by atoms with van der Waals surface area (Å²) < 4.78 is 39.9. The van der Waals surface area contributed by atoms with Gasteiger partial charge in [0.25, 0.3) is 0 Å². The second-order valence-corrected chi connectivity index (χ2v) is 5.83. The van der Waals surface area contributed by atoms with Crippen molar-refractivity contribution in [2.24, 2.45) is 0 Å². The normalized spacial score (nSPS) is 13.6. The predicted molar refractivity (Wildman–Crippen MR) is 97.1 cm³/mol. The van der Waals surface area contributed by atoms with Crippen LogP contribution in [0.15, 0.2) is 36.4 Å². The number of anilines is 3. The van der Waals surface area contributed by atoms with Crippen molar-refractivity contribution < 1.29 is 32.6 Å². The van der Waals surface area contributed by atoms with Crippen LogP contribution in [-0.2, 0) is 9.59 Å². The first-order valence-corrected chi connectivity index (χ1v) is 8.15. The Bertz CT molecular complexity index is 920. The number of methoxy groups -OCH3 is 1. The molecule has 2 aromatic rings. The summed E-state index contributed by atoms with van der Waals surface area (Å²) in [6, 6.07) is 8.90. The van der Waals surface area contributed by atoms with Gasteiger partial charge in [-0.1, -0.05) is 0 Å². The highest BCUT2D eigenvalue weighted by atomic mass is 19.3. The number of hydrogen-bond donors (Lipinski definition) is 3. The second-order valence-electron chi connectivity index (χ2n) is 5.83. The van der Waals surface area contributed by atoms with E-state index in [4.69, 9.17) is 4.74 Å². The largest absolute Gasteiger partial charge is 0.586 e. The molecule has 0 fully saturated rings. The van der Waals surface area contributed by atoms with Crippen LogP contribution in [-0.4, -0.2) is 31.8 Å². The highest BCUT2D eigenvalue weighted by Crippen LogP contribution is 2.42. The van der Waals surface area contributed by atoms with Gasteiger partial charge >= 0.3 is 6.29 Å². The molecule has 0 unspecified atom stereocenters. The summed E-state index contributed by atoms with van der Waals surface area (Å²) in [6.45, 7) is 1.22. The Morgan fingerprint density at radius 3 is 2.46 bits per heavy atom. The minimum atomic E-state index is -3.70. The molecule has 3 N–H and O–H groups in total. The summed E-state index contributed by atoms with van der Waals surface area (Å²) in [5, 5.41) is 8.07. The molecule has 2 amide bonds. The first kappa shape index (κ1) is 19.2. The zero-order valence-electron chi connectivity index (χ0n) is 15.0. The van der Waals surface area contributed by atoms with Crippen molar-refractivity contribution in [3.8, 4) is 17.2 Å². The van der Waals surface area contributed by atoms with E-state index in [9.17, 15) is 18.4 Å². The summed E-state index contributed by atoms with van der Waals surface area (Å²) >= 11 is 0. The summed E-state index contributed by atoms with van der Waals surface area (Å²) in [6.07, 6.45) is -3.70. The van der Waals surface area contributed by atoms with Gasteiger partial charge in [0.15, 0.2) is 11.5 Å². The quantitative estimate of drug-likeness (QED) is 0.698. The molecule has 0 saturated heterocycles. The third-order valence-corrected chi connectivity index (χ3v) is 3.65. The maximum atomic E-state index is 13.0. The van der Waals surface area contributed by atoms with Gasteiger partial charge in [-0.3, -0.25) is 9.59 Å². The number of alkyl halides is 2. The molecule has 8 nitrogen and oxygen atoms in total. The summed E-state index contributed by atoms with van der Waals surface area (Å²) in [7, 11) is 1.45. The van der Waals surface area contributed by atoms with Gasteiger partial charge in [0.1, 0.15) is 5.75 Å². The van der Waals surface area contributed by atoms with Gasteiger partial charge in [-0.25, -0.2) is 0 Å². The Morgan fingerprint density at radius 1 is 1.04 bits per heavy atom. The number of benzene rings is 2. The number of rotatable bonds is 6. The van der Waals surface area contributed by atoms with Crippen molar-refractivity contribution in [3.63, 3.8) is 0 Å². The zero-order valence-corrected chi connectivity index (χ0v) is 15.0. The molecule has 0 saturated carbocycles. The Kier molecular flexibility index (Phi) is 5.21. The monoisotopic (exact) mass is 393 g/mol. The first-order chi connectivity index (χ1) is 13.3. The van der Waals surface area contributed by atoms with Gasteiger partial charge in [0.05, 0.1) is 19.3 Å². The lowest BCUT2D eigenvalue weighted by atomic mass is 10.2. The summed E-state index contributed by atoms with van der Waals surface area (Å²) in [5.41, 5.74) is 1.26. The predicted octanol–water partition coefficient (Wildman–Crippen LogP) is 3.03. The van der Waals surface area contributed by atoms with E-state index in [2.05, 4.69) is 25.4 Å². The van der Waals surface area contributed by atoms with E-state index < -0.39 is 12.2 Å². The fraction of sp³-hybridized carbons (Fsp3) is 0.222. The van der Waals surface area contributed by atoms with E-state index >= 15 is 0 Å². The number of halogens is 2. The lowest BCUT2D eigenvalue weighted by Gasteiger charge is -2.13. The number of fused-ring (bicyclic) bond motifs is 1. The van der Waals surface area contributed by atoms with Gasteiger partial charge in [-0.15, -0.1) is 8.78 Å². The SMILES string of the molecule is COc1ccc(NC(C)=O)cc1NC(=O)CNc1ccc2c(c1)OC(F)(F)O2. The van der Waals surface area contributed by atoms with Crippen molar-refractivity contribution in [2.45, 2.75) is 13.2 Å². The molecule has 0 aromatic heterocycles. The van der Waals surface area contributed by atoms with Crippen LogP contribution in [0.25, 0.3) is 0 Å². The van der Waals surface area contributed by atoms with Crippen LogP contribution in [0.5, 0.6) is 17.2 Å². The van der Waals surface area contributed by atoms with Gasteiger partial charge in [0, 0.05) is 24.4 Å². The molecule has 10 heteroatoms. The maximum Gasteiger partial charge on any atom is 0.586 e. The summed E-state index contributed by atoms with van der Waals surface area (Å²) in [4.78, 5) is 23.4. The molecule has 2 aromatic carbocycles. The number of hydrogen-bond acceptors (Lipinski definition) is 6. The molecule has 0 atom stereocenters. The Hall–Kier alpha value is -3.56. The van der Waals surface area contributed by atoms with Crippen LogP contribution >= 0.6 is 0 Å². The van der Waals surface area contributed by atoms with Gasteiger partial charge in [0.2, 0.25) is 11.8 Å². The topological polar surface area (TPSA) is 97.9 Å². The molecule has 148 valence electrons. The minimum Gasteiger partial charge on any atom is -0.495 e. The van der Waals surface area contributed by atoms with Crippen molar-refractivity contribution in [3.05, 3.63) is 36.4 Å². The average Bonchev–Trinajstić information content (AvgIpc) is 2.92. The van der Waals surface area contributed by atoms with E-state index in [0.29, 0.717) is 22.8 Å². The van der Waals surface area contributed by atoms with Gasteiger partial charge in [-0.05, 0) is 30.3 Å². The molecule has 0 spiro atoms. The lowest BCUT2D eigenvalue weighted by molar-refractivity contribution is -0.286. The van der Waals surface area contributed by atoms with Crippen LogP contribution in [0.4, 0.5) is 25.8 Å². The number of nitrogens with one attached hydrogen (secondary N) is 3. The van der Waals surface area contributed by atoms with Crippen molar-refractivity contribution in [1.29, 1.82) is 0 Å². The van der Waals surface area contributed by atoms with E-state index in [-0.39, 0.29) is 24.0 Å². The molecule has 0 bridgehead atoms. The molecular weight excluding hydrogens is 376 g/mol. The first-order valence-electron chi connectivity index (χ1n) is 8.15. The third kappa shape index (κ3) is 4.58. The number of amides is 2. The number of carbonyl (C=O) groups excluding carboxylic acids is 2. The van der Waals surface area contributed by atoms with Crippen molar-refractivity contribution >= 4 is 28.9 Å². The molecule has 3 rings (SSSR count). The van der Waals surface area contributed by atoms with Crippen LogP contribution in [0.1, 0.15) is 6.92 Å². The number of carbonyl (C=O) groups is 2. The molecular formula is C18H17F2N3O5. The Labute approximate surface area is 158 Å². The summed E-state index contributed by atoms with van der Waals surface area (Å²) in [5.74, 6) is -0.467. The number of ether oxygens (including phenoxy) is 3. The smallest absolute Gasteiger partial charge is 0.495 e. The fourth-order valence-electron chi connectivity index (χ4n) is 2.52.